The lowest BCUT2D eigenvalue weighted by Gasteiger charge is -2.19. The molecular formula is C14H18N2O3. The molecule has 0 radical (unpaired) electrons. The average molecular weight is 262 g/mol. The number of amides is 1. The van der Waals surface area contributed by atoms with Gasteiger partial charge in [-0.3, -0.25) is 4.79 Å². The van der Waals surface area contributed by atoms with Crippen LogP contribution in [0.15, 0.2) is 18.2 Å². The first kappa shape index (κ1) is 14.8. The highest BCUT2D eigenvalue weighted by Gasteiger charge is 2.18. The Kier molecular flexibility index (Phi) is 5.19. The quantitative estimate of drug-likeness (QED) is 0.813. The van der Waals surface area contributed by atoms with E-state index in [9.17, 15) is 4.79 Å². The molecule has 0 saturated heterocycles. The van der Waals surface area contributed by atoms with E-state index in [-0.39, 0.29) is 11.8 Å². The number of carbonyl (C=O) groups is 1. The van der Waals surface area contributed by atoms with E-state index in [1.807, 2.05) is 0 Å². The summed E-state index contributed by atoms with van der Waals surface area (Å²) in [6.07, 6.45) is 0. The van der Waals surface area contributed by atoms with Gasteiger partial charge in [-0.15, -0.1) is 0 Å². The van der Waals surface area contributed by atoms with Crippen LogP contribution in [0, 0.1) is 17.2 Å². The first-order chi connectivity index (χ1) is 9.03. The molecular weight excluding hydrogens is 244 g/mol. The van der Waals surface area contributed by atoms with Crippen LogP contribution in [0.5, 0.6) is 11.5 Å². The van der Waals surface area contributed by atoms with E-state index in [2.05, 4.69) is 6.07 Å². The maximum absolute atomic E-state index is 12.3. The molecule has 5 nitrogen and oxygen atoms in total. The summed E-state index contributed by atoms with van der Waals surface area (Å²) in [5, 5.41) is 8.78. The van der Waals surface area contributed by atoms with Crippen molar-refractivity contribution in [1.29, 1.82) is 5.26 Å². The monoisotopic (exact) mass is 262 g/mol. The van der Waals surface area contributed by atoms with Gasteiger partial charge in [-0.1, -0.05) is 0 Å². The molecule has 0 spiro atoms. The van der Waals surface area contributed by atoms with Gasteiger partial charge in [-0.25, -0.2) is 0 Å². The zero-order valence-corrected chi connectivity index (χ0v) is 11.6. The second kappa shape index (κ2) is 6.64. The number of hydrogen-bond donors (Lipinski definition) is 0. The summed E-state index contributed by atoms with van der Waals surface area (Å²) in [5.41, 5.74) is 0.455. The fourth-order valence-electron chi connectivity index (χ4n) is 1.72. The topological polar surface area (TPSA) is 62.6 Å². The molecule has 0 saturated carbocycles. The minimum atomic E-state index is -0.210. The van der Waals surface area contributed by atoms with Crippen molar-refractivity contribution >= 4 is 5.91 Å². The molecule has 1 atom stereocenters. The molecule has 0 unspecified atom stereocenters. The summed E-state index contributed by atoms with van der Waals surface area (Å²) in [6.45, 7) is 2.15. The van der Waals surface area contributed by atoms with Crippen LogP contribution in [0.2, 0.25) is 0 Å². The fourth-order valence-corrected chi connectivity index (χ4v) is 1.72. The Labute approximate surface area is 113 Å². The number of nitrogens with zero attached hydrogens (tertiary/aromatic N) is 2. The number of ether oxygens (including phenoxy) is 2. The van der Waals surface area contributed by atoms with Crippen molar-refractivity contribution in [3.05, 3.63) is 23.8 Å². The Bertz CT molecular complexity index is 494. The van der Waals surface area contributed by atoms with Crippen molar-refractivity contribution in [2.75, 3.05) is 27.8 Å². The number of hydrogen-bond acceptors (Lipinski definition) is 4. The van der Waals surface area contributed by atoms with Gasteiger partial charge in [0.15, 0.2) is 0 Å². The third kappa shape index (κ3) is 3.62. The molecule has 0 bridgehead atoms. The number of nitriles is 1. The molecule has 0 aliphatic carbocycles. The van der Waals surface area contributed by atoms with Gasteiger partial charge in [0.2, 0.25) is 0 Å². The van der Waals surface area contributed by atoms with Crippen molar-refractivity contribution in [2.24, 2.45) is 5.92 Å². The van der Waals surface area contributed by atoms with E-state index in [1.165, 1.54) is 12.0 Å². The first-order valence-electron chi connectivity index (χ1n) is 5.90. The lowest BCUT2D eigenvalue weighted by molar-refractivity contribution is 0.0781. The number of benzene rings is 1. The standard InChI is InChI=1S/C14H18N2O3/c1-10(8-15)9-16(2)14(17)12-6-5-11(18-3)7-13(12)19-4/h5-7,10H,9H2,1-4H3/t10-/m1/s1. The van der Waals surface area contributed by atoms with Crippen molar-refractivity contribution in [3.63, 3.8) is 0 Å². The molecule has 0 aromatic heterocycles. The summed E-state index contributed by atoms with van der Waals surface area (Å²) in [5.74, 6) is 0.696. The Morgan fingerprint density at radius 3 is 2.63 bits per heavy atom. The van der Waals surface area contributed by atoms with Gasteiger partial charge in [0.25, 0.3) is 5.91 Å². The predicted octanol–water partition coefficient (Wildman–Crippen LogP) is 1.94. The summed E-state index contributed by atoms with van der Waals surface area (Å²) in [6, 6.07) is 7.13. The lowest BCUT2D eigenvalue weighted by Crippen LogP contribution is -2.30. The van der Waals surface area contributed by atoms with Crippen molar-refractivity contribution in [1.82, 2.24) is 4.90 Å². The van der Waals surface area contributed by atoms with E-state index in [4.69, 9.17) is 14.7 Å². The first-order valence-corrected chi connectivity index (χ1v) is 5.90. The van der Waals surface area contributed by atoms with Gasteiger partial charge < -0.3 is 14.4 Å². The second-order valence-electron chi connectivity index (χ2n) is 4.28. The molecule has 0 aliphatic heterocycles. The average Bonchev–Trinajstić information content (AvgIpc) is 2.45. The normalized spacial score (nSPS) is 11.3. The minimum Gasteiger partial charge on any atom is -0.497 e. The largest absolute Gasteiger partial charge is 0.497 e. The maximum atomic E-state index is 12.3. The molecule has 0 fully saturated rings. The molecule has 0 N–H and O–H groups in total. The Hall–Kier alpha value is -2.22. The zero-order chi connectivity index (χ0) is 14.4. The fraction of sp³-hybridized carbons (Fsp3) is 0.429. The van der Waals surface area contributed by atoms with Crippen LogP contribution in [0.3, 0.4) is 0 Å². The van der Waals surface area contributed by atoms with E-state index < -0.39 is 0 Å². The molecule has 0 aliphatic rings. The van der Waals surface area contributed by atoms with Crippen LogP contribution in [0.1, 0.15) is 17.3 Å². The molecule has 19 heavy (non-hydrogen) atoms. The van der Waals surface area contributed by atoms with Crippen LogP contribution in [-0.4, -0.2) is 38.6 Å². The highest BCUT2D eigenvalue weighted by atomic mass is 16.5. The molecule has 1 amide bonds. The van der Waals surface area contributed by atoms with Crippen LogP contribution >= 0.6 is 0 Å². The Morgan fingerprint density at radius 2 is 2.11 bits per heavy atom. The van der Waals surface area contributed by atoms with Crippen LogP contribution in [0.25, 0.3) is 0 Å². The van der Waals surface area contributed by atoms with Crippen LogP contribution in [-0.2, 0) is 0 Å². The van der Waals surface area contributed by atoms with Gasteiger partial charge >= 0.3 is 0 Å². The van der Waals surface area contributed by atoms with Gasteiger partial charge in [-0.05, 0) is 19.1 Å². The predicted molar refractivity (Wildman–Crippen MR) is 71.3 cm³/mol. The highest BCUT2D eigenvalue weighted by Crippen LogP contribution is 2.25. The molecule has 0 heterocycles. The van der Waals surface area contributed by atoms with E-state index in [1.54, 1.807) is 39.3 Å². The number of rotatable bonds is 5. The van der Waals surface area contributed by atoms with E-state index in [0.29, 0.717) is 23.6 Å². The van der Waals surface area contributed by atoms with Crippen LogP contribution in [0.4, 0.5) is 0 Å². The number of methoxy groups -OCH3 is 2. The Balaban J connectivity index is 2.96. The third-order valence-electron chi connectivity index (χ3n) is 2.75. The van der Waals surface area contributed by atoms with Gasteiger partial charge in [-0.2, -0.15) is 5.26 Å². The second-order valence-corrected chi connectivity index (χ2v) is 4.28. The molecule has 1 rings (SSSR count). The van der Waals surface area contributed by atoms with Crippen molar-refractivity contribution in [3.8, 4) is 17.6 Å². The highest BCUT2D eigenvalue weighted by molar-refractivity contribution is 5.97. The molecule has 5 heteroatoms. The van der Waals surface area contributed by atoms with Gasteiger partial charge in [0.1, 0.15) is 11.5 Å². The van der Waals surface area contributed by atoms with Gasteiger partial charge in [0.05, 0.1) is 31.8 Å². The molecule has 102 valence electrons. The summed E-state index contributed by atoms with van der Waals surface area (Å²) in [7, 11) is 4.72. The summed E-state index contributed by atoms with van der Waals surface area (Å²) < 4.78 is 10.3. The molecule has 1 aromatic rings. The smallest absolute Gasteiger partial charge is 0.257 e. The SMILES string of the molecule is COc1ccc(C(=O)N(C)C[C@H](C)C#N)c(OC)c1. The van der Waals surface area contributed by atoms with E-state index in [0.717, 1.165) is 0 Å². The van der Waals surface area contributed by atoms with E-state index >= 15 is 0 Å². The van der Waals surface area contributed by atoms with Crippen LogP contribution < -0.4 is 9.47 Å². The maximum Gasteiger partial charge on any atom is 0.257 e. The van der Waals surface area contributed by atoms with Crippen molar-refractivity contribution < 1.29 is 14.3 Å². The summed E-state index contributed by atoms with van der Waals surface area (Å²) >= 11 is 0. The summed E-state index contributed by atoms with van der Waals surface area (Å²) in [4.78, 5) is 13.8. The zero-order valence-electron chi connectivity index (χ0n) is 11.6. The molecule has 1 aromatic carbocycles. The Morgan fingerprint density at radius 1 is 1.42 bits per heavy atom. The third-order valence-corrected chi connectivity index (χ3v) is 2.75. The lowest BCUT2D eigenvalue weighted by atomic mass is 10.1. The number of carbonyl (C=O) groups excluding carboxylic acids is 1. The van der Waals surface area contributed by atoms with Gasteiger partial charge in [0, 0.05) is 19.7 Å². The minimum absolute atomic E-state index is 0.179. The van der Waals surface area contributed by atoms with Crippen molar-refractivity contribution in [2.45, 2.75) is 6.92 Å².